The molecule has 3 aromatic carbocycles. The van der Waals surface area contributed by atoms with E-state index in [-0.39, 0.29) is 11.7 Å². The number of aryl methyl sites for hydroxylation is 2. The van der Waals surface area contributed by atoms with Gasteiger partial charge >= 0.3 is 0 Å². The zero-order valence-electron chi connectivity index (χ0n) is 16.0. The van der Waals surface area contributed by atoms with Gasteiger partial charge in [0.1, 0.15) is 0 Å². The predicted molar refractivity (Wildman–Crippen MR) is 115 cm³/mol. The Kier molecular flexibility index (Phi) is 5.29. The number of hydrogen-bond donors (Lipinski definition) is 0. The second-order valence-electron chi connectivity index (χ2n) is 7.21. The molecule has 0 amide bonds. The van der Waals surface area contributed by atoms with Crippen molar-refractivity contribution in [3.8, 4) is 0 Å². The number of carbonyl (C=O) groups excluding carboxylic acids is 1. The molecule has 0 spiro atoms. The van der Waals surface area contributed by atoms with E-state index < -0.39 is 0 Å². The molecule has 0 N–H and O–H groups in total. The van der Waals surface area contributed by atoms with Crippen molar-refractivity contribution in [1.29, 1.82) is 0 Å². The van der Waals surface area contributed by atoms with Gasteiger partial charge in [0.2, 0.25) is 0 Å². The Hall–Kier alpha value is -3.26. The van der Waals surface area contributed by atoms with Gasteiger partial charge in [-0.25, -0.2) is 0 Å². The molecular formula is C26H23NO. The Morgan fingerprint density at radius 2 is 1.57 bits per heavy atom. The molecule has 4 rings (SSSR count). The Balaban J connectivity index is 1.69. The molecule has 0 aliphatic rings. The molecule has 1 heterocycles. The van der Waals surface area contributed by atoms with Crippen LogP contribution in [0.25, 0.3) is 10.9 Å². The average molecular weight is 365 g/mol. The maximum atomic E-state index is 13.3. The van der Waals surface area contributed by atoms with E-state index in [1.165, 1.54) is 5.56 Å². The molecule has 2 heteroatoms. The van der Waals surface area contributed by atoms with Crippen LogP contribution in [-0.4, -0.2) is 10.8 Å². The molecule has 0 aliphatic carbocycles. The largest absolute Gasteiger partial charge is 0.293 e. The second kappa shape index (κ2) is 8.18. The van der Waals surface area contributed by atoms with Crippen molar-refractivity contribution >= 4 is 16.7 Å². The quantitative estimate of drug-likeness (QED) is 0.384. The molecule has 1 atom stereocenters. The third-order valence-electron chi connectivity index (χ3n) is 5.19. The van der Waals surface area contributed by atoms with E-state index >= 15 is 0 Å². The lowest BCUT2D eigenvalue weighted by Crippen LogP contribution is -2.14. The van der Waals surface area contributed by atoms with Crippen LogP contribution in [0, 0.1) is 6.92 Å². The van der Waals surface area contributed by atoms with Gasteiger partial charge in [0, 0.05) is 22.6 Å². The molecule has 0 radical (unpaired) electrons. The summed E-state index contributed by atoms with van der Waals surface area (Å²) in [6, 6.07) is 30.3. The summed E-state index contributed by atoms with van der Waals surface area (Å²) in [6.07, 6.45) is 1.65. The molecule has 0 aliphatic heterocycles. The van der Waals surface area contributed by atoms with Crippen molar-refractivity contribution in [2.75, 3.05) is 0 Å². The monoisotopic (exact) mass is 365 g/mol. The fraction of sp³-hybridized carbons (Fsp3) is 0.154. The van der Waals surface area contributed by atoms with Crippen LogP contribution in [0.2, 0.25) is 0 Å². The first kappa shape index (κ1) is 18.1. The summed E-state index contributed by atoms with van der Waals surface area (Å²) in [7, 11) is 0. The van der Waals surface area contributed by atoms with Gasteiger partial charge in [-0.15, -0.1) is 0 Å². The van der Waals surface area contributed by atoms with Gasteiger partial charge in [0.15, 0.2) is 5.78 Å². The van der Waals surface area contributed by atoms with Crippen molar-refractivity contribution in [1.82, 2.24) is 4.98 Å². The molecule has 2 nitrogen and oxygen atoms in total. The normalized spacial score (nSPS) is 12.0. The van der Waals surface area contributed by atoms with Crippen molar-refractivity contribution in [2.45, 2.75) is 25.7 Å². The van der Waals surface area contributed by atoms with E-state index in [0.717, 1.165) is 40.6 Å². The van der Waals surface area contributed by atoms with E-state index in [1.807, 2.05) is 67.6 Å². The number of aromatic nitrogens is 1. The van der Waals surface area contributed by atoms with Gasteiger partial charge in [-0.2, -0.15) is 0 Å². The topological polar surface area (TPSA) is 30.0 Å². The van der Waals surface area contributed by atoms with E-state index in [4.69, 9.17) is 0 Å². The number of hydrogen-bond acceptors (Lipinski definition) is 2. The minimum atomic E-state index is -0.173. The molecular weight excluding hydrogens is 342 g/mol. The van der Waals surface area contributed by atoms with Gasteiger partial charge in [0.05, 0.1) is 5.52 Å². The number of nitrogens with zero attached hydrogens (tertiary/aromatic N) is 1. The van der Waals surface area contributed by atoms with Crippen LogP contribution in [0.1, 0.15) is 39.5 Å². The van der Waals surface area contributed by atoms with E-state index in [9.17, 15) is 4.79 Å². The van der Waals surface area contributed by atoms with Crippen LogP contribution in [0.4, 0.5) is 0 Å². The minimum absolute atomic E-state index is 0.173. The zero-order valence-corrected chi connectivity index (χ0v) is 16.0. The van der Waals surface area contributed by atoms with Crippen molar-refractivity contribution in [3.63, 3.8) is 0 Å². The number of pyridine rings is 1. The molecule has 28 heavy (non-hydrogen) atoms. The third kappa shape index (κ3) is 4.01. The van der Waals surface area contributed by atoms with Crippen molar-refractivity contribution in [2.24, 2.45) is 0 Å². The van der Waals surface area contributed by atoms with Crippen molar-refractivity contribution in [3.05, 3.63) is 113 Å². The number of carbonyl (C=O) groups is 1. The first-order valence-electron chi connectivity index (χ1n) is 9.71. The Labute approximate surface area is 165 Å². The van der Waals surface area contributed by atoms with Crippen LogP contribution < -0.4 is 0 Å². The van der Waals surface area contributed by atoms with Crippen LogP contribution in [0.5, 0.6) is 0 Å². The first-order valence-corrected chi connectivity index (χ1v) is 9.71. The first-order chi connectivity index (χ1) is 13.7. The highest BCUT2D eigenvalue weighted by molar-refractivity contribution is 6.01. The highest BCUT2D eigenvalue weighted by Gasteiger charge is 2.22. The smallest absolute Gasteiger partial charge is 0.170 e. The van der Waals surface area contributed by atoms with E-state index in [0.29, 0.717) is 0 Å². The predicted octanol–water partition coefficient (Wildman–Crippen LogP) is 6.14. The standard InChI is InChI=1S/C26H23NO/c1-19-12-14-23-18-22(15-17-25(23)27-19)24(16-13-20-8-4-2-5-9-20)26(28)21-10-6-3-7-11-21/h2-12,14-15,17-18,24H,13,16H2,1H3/t24-/m0/s1. The summed E-state index contributed by atoms with van der Waals surface area (Å²) in [5, 5.41) is 1.08. The molecule has 0 unspecified atom stereocenters. The number of benzene rings is 3. The Morgan fingerprint density at radius 1 is 0.857 bits per heavy atom. The van der Waals surface area contributed by atoms with Gasteiger partial charge < -0.3 is 0 Å². The summed E-state index contributed by atoms with van der Waals surface area (Å²) in [4.78, 5) is 17.9. The molecule has 1 aromatic heterocycles. The lowest BCUT2D eigenvalue weighted by Gasteiger charge is -2.17. The maximum Gasteiger partial charge on any atom is 0.170 e. The lowest BCUT2D eigenvalue weighted by molar-refractivity contribution is 0.0955. The Bertz CT molecular complexity index is 1090. The van der Waals surface area contributed by atoms with Crippen molar-refractivity contribution < 1.29 is 4.79 Å². The molecule has 0 saturated carbocycles. The fourth-order valence-electron chi connectivity index (χ4n) is 3.67. The van der Waals surface area contributed by atoms with Gasteiger partial charge in [-0.1, -0.05) is 72.8 Å². The molecule has 138 valence electrons. The zero-order chi connectivity index (χ0) is 19.3. The summed E-state index contributed by atoms with van der Waals surface area (Å²) in [5.74, 6) is 0.00395. The second-order valence-corrected chi connectivity index (χ2v) is 7.21. The van der Waals surface area contributed by atoms with Crippen LogP contribution >= 0.6 is 0 Å². The number of ketones is 1. The summed E-state index contributed by atoms with van der Waals surface area (Å²) >= 11 is 0. The highest BCUT2D eigenvalue weighted by atomic mass is 16.1. The number of fused-ring (bicyclic) bond motifs is 1. The Morgan fingerprint density at radius 3 is 2.32 bits per heavy atom. The van der Waals surface area contributed by atoms with Gasteiger partial charge in [0.25, 0.3) is 0 Å². The van der Waals surface area contributed by atoms with Crippen LogP contribution in [0.15, 0.2) is 91.0 Å². The average Bonchev–Trinajstić information content (AvgIpc) is 2.75. The number of rotatable bonds is 6. The van der Waals surface area contributed by atoms with E-state index in [1.54, 1.807) is 0 Å². The number of Topliss-reactive ketones (excluding diaryl/α,β-unsaturated/α-hetero) is 1. The minimum Gasteiger partial charge on any atom is -0.293 e. The highest BCUT2D eigenvalue weighted by Crippen LogP contribution is 2.28. The van der Waals surface area contributed by atoms with Gasteiger partial charge in [-0.3, -0.25) is 9.78 Å². The van der Waals surface area contributed by atoms with Crippen LogP contribution in [0.3, 0.4) is 0 Å². The lowest BCUT2D eigenvalue weighted by atomic mass is 9.85. The summed E-state index contributed by atoms with van der Waals surface area (Å²) in [5.41, 5.74) is 5.05. The molecule has 4 aromatic rings. The molecule has 0 saturated heterocycles. The third-order valence-corrected chi connectivity index (χ3v) is 5.19. The SMILES string of the molecule is Cc1ccc2cc([C@H](CCc3ccccc3)C(=O)c3ccccc3)ccc2n1. The molecule has 0 bridgehead atoms. The maximum absolute atomic E-state index is 13.3. The van der Waals surface area contributed by atoms with E-state index in [2.05, 4.69) is 35.3 Å². The fourth-order valence-corrected chi connectivity index (χ4v) is 3.67. The van der Waals surface area contributed by atoms with Crippen LogP contribution in [-0.2, 0) is 6.42 Å². The summed E-state index contributed by atoms with van der Waals surface area (Å²) < 4.78 is 0. The summed E-state index contributed by atoms with van der Waals surface area (Å²) in [6.45, 7) is 1.99. The van der Waals surface area contributed by atoms with Gasteiger partial charge in [-0.05, 0) is 49.1 Å². The molecule has 0 fully saturated rings.